The number of nitrogens with one attached hydrogen (secondary N) is 1. The zero-order chi connectivity index (χ0) is 13.8. The quantitative estimate of drug-likeness (QED) is 0.685. The van der Waals surface area contributed by atoms with Crippen LogP contribution in [0, 0.1) is 10.1 Å². The lowest BCUT2D eigenvalue weighted by atomic mass is 10.1. The number of hydrogen-bond acceptors (Lipinski definition) is 4. The minimum atomic E-state index is -0.574. The van der Waals surface area contributed by atoms with E-state index in [1.807, 2.05) is 11.8 Å². The molecule has 1 saturated heterocycles. The van der Waals surface area contributed by atoms with Crippen molar-refractivity contribution in [1.82, 2.24) is 5.32 Å². The molecule has 1 atom stereocenters. The molecule has 1 N–H and O–H groups in total. The van der Waals surface area contributed by atoms with Crippen LogP contribution in [0.5, 0.6) is 0 Å². The molecule has 0 unspecified atom stereocenters. The summed E-state index contributed by atoms with van der Waals surface area (Å²) in [6, 6.07) is 3.99. The number of nitro groups is 1. The molecular weight excluding hydrogens is 288 g/mol. The first-order valence-corrected chi connectivity index (χ1v) is 7.34. The summed E-state index contributed by atoms with van der Waals surface area (Å²) in [4.78, 5) is 22.3. The van der Waals surface area contributed by atoms with Crippen LogP contribution in [-0.2, 0) is 0 Å². The first-order chi connectivity index (χ1) is 9.08. The highest BCUT2D eigenvalue weighted by Gasteiger charge is 2.22. The van der Waals surface area contributed by atoms with Gasteiger partial charge in [-0.3, -0.25) is 14.9 Å². The molecule has 1 aliphatic heterocycles. The minimum Gasteiger partial charge on any atom is -0.351 e. The number of halogens is 1. The number of amides is 1. The van der Waals surface area contributed by atoms with Crippen LogP contribution in [0.25, 0.3) is 0 Å². The normalized spacial score (nSPS) is 18.3. The molecule has 0 aliphatic carbocycles. The van der Waals surface area contributed by atoms with Crippen LogP contribution in [0.1, 0.15) is 23.2 Å². The fourth-order valence-corrected chi connectivity index (χ4v) is 3.33. The van der Waals surface area contributed by atoms with Crippen molar-refractivity contribution in [3.8, 4) is 0 Å². The molecule has 2 rings (SSSR count). The number of hydrogen-bond donors (Lipinski definition) is 1. The topological polar surface area (TPSA) is 72.2 Å². The first kappa shape index (κ1) is 14.1. The number of benzene rings is 1. The Balaban J connectivity index is 2.08. The average Bonchev–Trinajstić information content (AvgIpc) is 2.88. The van der Waals surface area contributed by atoms with Crippen molar-refractivity contribution in [3.05, 3.63) is 38.9 Å². The van der Waals surface area contributed by atoms with Gasteiger partial charge >= 0.3 is 0 Å². The maximum Gasteiger partial charge on any atom is 0.282 e. The largest absolute Gasteiger partial charge is 0.351 e. The molecule has 1 amide bonds. The van der Waals surface area contributed by atoms with E-state index >= 15 is 0 Å². The lowest BCUT2D eigenvalue weighted by molar-refractivity contribution is -0.385. The van der Waals surface area contributed by atoms with Crippen LogP contribution < -0.4 is 5.32 Å². The molecule has 1 fully saturated rings. The SMILES string of the molecule is O=C(NC[C@H]1CCCS1)c1cc(Cl)ccc1[N+](=O)[O-]. The molecule has 1 aromatic carbocycles. The molecule has 0 saturated carbocycles. The summed E-state index contributed by atoms with van der Waals surface area (Å²) in [5, 5.41) is 14.3. The van der Waals surface area contributed by atoms with Crippen molar-refractivity contribution in [3.63, 3.8) is 0 Å². The number of nitro benzene ring substituents is 1. The standard InChI is InChI=1S/C12H13ClN2O3S/c13-8-3-4-11(15(17)18)10(6-8)12(16)14-7-9-2-1-5-19-9/h3-4,6,9H,1-2,5,7H2,(H,14,16)/t9-/m1/s1. The Morgan fingerprint density at radius 1 is 1.58 bits per heavy atom. The van der Waals surface area contributed by atoms with Gasteiger partial charge < -0.3 is 5.32 Å². The van der Waals surface area contributed by atoms with Crippen LogP contribution in [0.2, 0.25) is 5.02 Å². The number of nitrogens with zero attached hydrogens (tertiary/aromatic N) is 1. The van der Waals surface area contributed by atoms with E-state index in [0.717, 1.165) is 18.6 Å². The fourth-order valence-electron chi connectivity index (χ4n) is 1.96. The van der Waals surface area contributed by atoms with Crippen molar-refractivity contribution in [1.29, 1.82) is 0 Å². The van der Waals surface area contributed by atoms with Gasteiger partial charge in [-0.2, -0.15) is 11.8 Å². The lowest BCUT2D eigenvalue weighted by Gasteiger charge is -2.10. The molecule has 1 aliphatic rings. The van der Waals surface area contributed by atoms with Crippen molar-refractivity contribution in [2.75, 3.05) is 12.3 Å². The fraction of sp³-hybridized carbons (Fsp3) is 0.417. The Hall–Kier alpha value is -1.27. The molecule has 0 spiro atoms. The lowest BCUT2D eigenvalue weighted by Crippen LogP contribution is -2.30. The maximum absolute atomic E-state index is 12.0. The monoisotopic (exact) mass is 300 g/mol. The van der Waals surface area contributed by atoms with Gasteiger partial charge in [-0.1, -0.05) is 11.6 Å². The highest BCUT2D eigenvalue weighted by atomic mass is 35.5. The smallest absolute Gasteiger partial charge is 0.282 e. The molecule has 0 bridgehead atoms. The third kappa shape index (κ3) is 3.61. The summed E-state index contributed by atoms with van der Waals surface area (Å²) >= 11 is 7.60. The summed E-state index contributed by atoms with van der Waals surface area (Å²) in [7, 11) is 0. The molecule has 19 heavy (non-hydrogen) atoms. The second kappa shape index (κ2) is 6.25. The van der Waals surface area contributed by atoms with Gasteiger partial charge in [0.25, 0.3) is 11.6 Å². The molecule has 5 nitrogen and oxygen atoms in total. The van der Waals surface area contributed by atoms with Gasteiger partial charge in [0.2, 0.25) is 0 Å². The van der Waals surface area contributed by atoms with Gasteiger partial charge in [0, 0.05) is 22.9 Å². The number of thioether (sulfide) groups is 1. The first-order valence-electron chi connectivity index (χ1n) is 5.91. The van der Waals surface area contributed by atoms with Gasteiger partial charge in [-0.25, -0.2) is 0 Å². The average molecular weight is 301 g/mol. The summed E-state index contributed by atoms with van der Waals surface area (Å²) in [5.41, 5.74) is -0.207. The second-order valence-electron chi connectivity index (χ2n) is 4.26. The molecule has 1 heterocycles. The van der Waals surface area contributed by atoms with Crippen molar-refractivity contribution in [2.45, 2.75) is 18.1 Å². The van der Waals surface area contributed by atoms with E-state index in [1.54, 1.807) is 0 Å². The maximum atomic E-state index is 12.0. The summed E-state index contributed by atoms with van der Waals surface area (Å²) in [6.07, 6.45) is 2.23. The van der Waals surface area contributed by atoms with Gasteiger partial charge in [0.05, 0.1) is 4.92 Å². The molecule has 1 aromatic rings. The van der Waals surface area contributed by atoms with Crippen LogP contribution in [0.15, 0.2) is 18.2 Å². The van der Waals surface area contributed by atoms with Crippen molar-refractivity contribution in [2.24, 2.45) is 0 Å². The van der Waals surface area contributed by atoms with E-state index in [-0.39, 0.29) is 11.3 Å². The van der Waals surface area contributed by atoms with Crippen molar-refractivity contribution < 1.29 is 9.72 Å². The van der Waals surface area contributed by atoms with Crippen LogP contribution in [-0.4, -0.2) is 28.4 Å². The summed E-state index contributed by atoms with van der Waals surface area (Å²) < 4.78 is 0. The zero-order valence-corrected chi connectivity index (χ0v) is 11.7. The second-order valence-corrected chi connectivity index (χ2v) is 6.11. The molecular formula is C12H13ClN2O3S. The minimum absolute atomic E-state index is 0.0143. The number of carbonyl (C=O) groups excluding carboxylic acids is 1. The zero-order valence-electron chi connectivity index (χ0n) is 10.1. The Kier molecular flexibility index (Phi) is 4.66. The van der Waals surface area contributed by atoms with E-state index in [4.69, 9.17) is 11.6 Å². The summed E-state index contributed by atoms with van der Waals surface area (Å²) in [6.45, 7) is 0.535. The Labute approximate surface area is 119 Å². The third-order valence-corrected chi connectivity index (χ3v) is 4.55. The molecule has 102 valence electrons. The van der Waals surface area contributed by atoms with Crippen molar-refractivity contribution >= 4 is 35.0 Å². The third-order valence-electron chi connectivity index (χ3n) is 2.91. The van der Waals surface area contributed by atoms with Gasteiger partial charge in [-0.05, 0) is 30.7 Å². The molecule has 0 aromatic heterocycles. The van der Waals surface area contributed by atoms with E-state index in [2.05, 4.69) is 5.32 Å². The predicted molar refractivity (Wildman–Crippen MR) is 75.9 cm³/mol. The summed E-state index contributed by atoms with van der Waals surface area (Å²) in [5.74, 6) is 0.666. The predicted octanol–water partition coefficient (Wildman–Crippen LogP) is 2.87. The highest BCUT2D eigenvalue weighted by molar-refractivity contribution is 8.00. The van der Waals surface area contributed by atoms with E-state index < -0.39 is 10.8 Å². The molecule has 7 heteroatoms. The Bertz CT molecular complexity index is 504. The van der Waals surface area contributed by atoms with Crippen LogP contribution in [0.4, 0.5) is 5.69 Å². The van der Waals surface area contributed by atoms with Crippen LogP contribution in [0.3, 0.4) is 0 Å². The van der Waals surface area contributed by atoms with E-state index in [9.17, 15) is 14.9 Å². The number of rotatable bonds is 4. The van der Waals surface area contributed by atoms with E-state index in [0.29, 0.717) is 16.8 Å². The van der Waals surface area contributed by atoms with Gasteiger partial charge in [-0.15, -0.1) is 0 Å². The van der Waals surface area contributed by atoms with E-state index in [1.165, 1.54) is 18.2 Å². The van der Waals surface area contributed by atoms with Gasteiger partial charge in [0.15, 0.2) is 0 Å². The Morgan fingerprint density at radius 3 is 3.00 bits per heavy atom. The highest BCUT2D eigenvalue weighted by Crippen LogP contribution is 2.26. The van der Waals surface area contributed by atoms with Gasteiger partial charge in [0.1, 0.15) is 5.56 Å². The van der Waals surface area contributed by atoms with Crippen LogP contribution >= 0.6 is 23.4 Å². The molecule has 0 radical (unpaired) electrons. The Morgan fingerprint density at radius 2 is 2.37 bits per heavy atom. The number of carbonyl (C=O) groups is 1.